The van der Waals surface area contributed by atoms with Crippen molar-refractivity contribution in [1.82, 2.24) is 4.98 Å². The summed E-state index contributed by atoms with van der Waals surface area (Å²) in [6, 6.07) is 5.64. The molecule has 0 atom stereocenters. The van der Waals surface area contributed by atoms with Gasteiger partial charge in [-0.1, -0.05) is 0 Å². The van der Waals surface area contributed by atoms with Gasteiger partial charge >= 0.3 is 0 Å². The van der Waals surface area contributed by atoms with Gasteiger partial charge in [0.15, 0.2) is 17.3 Å². The van der Waals surface area contributed by atoms with Gasteiger partial charge in [-0.2, -0.15) is 0 Å². The summed E-state index contributed by atoms with van der Waals surface area (Å²) in [6.45, 7) is 1.77. The zero-order chi connectivity index (χ0) is 11.8. The van der Waals surface area contributed by atoms with Crippen LogP contribution in [0, 0.1) is 0 Å². The topological polar surface area (TPSA) is 48.4 Å². The molecule has 1 aromatic heterocycles. The van der Waals surface area contributed by atoms with Crippen molar-refractivity contribution in [2.24, 2.45) is 0 Å². The molecule has 1 aliphatic heterocycles. The molecule has 2 heterocycles. The first-order chi connectivity index (χ1) is 8.25. The van der Waals surface area contributed by atoms with E-state index in [1.807, 2.05) is 18.2 Å². The Balaban J connectivity index is 2.09. The highest BCUT2D eigenvalue weighted by atomic mass is 32.1. The van der Waals surface area contributed by atoms with Crippen LogP contribution in [0.2, 0.25) is 0 Å². The molecule has 4 nitrogen and oxygen atoms in total. The maximum absolute atomic E-state index is 11.4. The molecule has 0 aliphatic carbocycles. The van der Waals surface area contributed by atoms with Gasteiger partial charge in [0.1, 0.15) is 5.69 Å². The molecule has 0 bridgehead atoms. The first kappa shape index (κ1) is 10.3. The van der Waals surface area contributed by atoms with Gasteiger partial charge in [-0.25, -0.2) is 4.98 Å². The molecule has 1 aliphatic rings. The van der Waals surface area contributed by atoms with Crippen molar-refractivity contribution < 1.29 is 14.3 Å². The summed E-state index contributed by atoms with van der Waals surface area (Å²) in [5.74, 6) is 1.42. The highest BCUT2D eigenvalue weighted by Crippen LogP contribution is 2.38. The van der Waals surface area contributed by atoms with Crippen LogP contribution in [-0.2, 0) is 0 Å². The zero-order valence-corrected chi connectivity index (χ0v) is 9.91. The van der Waals surface area contributed by atoms with Crippen LogP contribution in [0.4, 0.5) is 0 Å². The molecule has 86 valence electrons. The number of hydrogen-bond acceptors (Lipinski definition) is 5. The molecule has 0 saturated carbocycles. The van der Waals surface area contributed by atoms with Crippen molar-refractivity contribution in [3.63, 3.8) is 0 Å². The standard InChI is InChI=1S/C12H9NO3S/c1-7(14)11-12(17-5-13-11)8-2-3-9-10(4-8)16-6-15-9/h2-5H,6H2,1H3. The average molecular weight is 247 g/mol. The largest absolute Gasteiger partial charge is 0.454 e. The lowest BCUT2D eigenvalue weighted by Gasteiger charge is -2.01. The number of aromatic nitrogens is 1. The monoisotopic (exact) mass is 247 g/mol. The Morgan fingerprint density at radius 1 is 1.35 bits per heavy atom. The predicted molar refractivity (Wildman–Crippen MR) is 63.7 cm³/mol. The highest BCUT2D eigenvalue weighted by Gasteiger charge is 2.17. The van der Waals surface area contributed by atoms with E-state index in [2.05, 4.69) is 4.98 Å². The minimum atomic E-state index is -0.0288. The molecule has 0 fully saturated rings. The van der Waals surface area contributed by atoms with Gasteiger partial charge in [0.25, 0.3) is 0 Å². The fourth-order valence-corrected chi connectivity index (χ4v) is 2.57. The van der Waals surface area contributed by atoms with Crippen molar-refractivity contribution in [3.05, 3.63) is 29.4 Å². The number of hydrogen-bond donors (Lipinski definition) is 0. The Morgan fingerprint density at radius 2 is 2.18 bits per heavy atom. The van der Waals surface area contributed by atoms with Crippen molar-refractivity contribution in [2.45, 2.75) is 6.92 Å². The molecular formula is C12H9NO3S. The summed E-state index contributed by atoms with van der Waals surface area (Å²) in [5.41, 5.74) is 3.12. The van der Waals surface area contributed by atoms with E-state index >= 15 is 0 Å². The Bertz CT molecular complexity index is 591. The smallest absolute Gasteiger partial charge is 0.231 e. The third-order valence-corrected chi connectivity index (χ3v) is 3.41. The predicted octanol–water partition coefficient (Wildman–Crippen LogP) is 2.74. The second-order valence-corrected chi connectivity index (χ2v) is 4.51. The number of ether oxygens (including phenoxy) is 2. The molecule has 0 saturated heterocycles. The van der Waals surface area contributed by atoms with Crippen LogP contribution in [0.1, 0.15) is 17.4 Å². The number of ketones is 1. The van der Waals surface area contributed by atoms with Crippen LogP contribution in [0.5, 0.6) is 11.5 Å². The SMILES string of the molecule is CC(=O)c1ncsc1-c1ccc2c(c1)OCO2. The van der Waals surface area contributed by atoms with Gasteiger partial charge in [-0.05, 0) is 23.8 Å². The number of rotatable bonds is 2. The minimum Gasteiger partial charge on any atom is -0.454 e. The second-order valence-electron chi connectivity index (χ2n) is 3.65. The van der Waals surface area contributed by atoms with Crippen LogP contribution in [0.15, 0.2) is 23.7 Å². The Hall–Kier alpha value is -1.88. The van der Waals surface area contributed by atoms with E-state index in [0.717, 1.165) is 16.2 Å². The minimum absolute atomic E-state index is 0.0288. The number of carbonyl (C=O) groups excluding carboxylic acids is 1. The highest BCUT2D eigenvalue weighted by molar-refractivity contribution is 7.13. The molecule has 5 heteroatoms. The van der Waals surface area contributed by atoms with Crippen molar-refractivity contribution >= 4 is 17.1 Å². The molecular weight excluding hydrogens is 238 g/mol. The fraction of sp³-hybridized carbons (Fsp3) is 0.167. The molecule has 0 amide bonds. The number of carbonyl (C=O) groups is 1. The number of fused-ring (bicyclic) bond motifs is 1. The van der Waals surface area contributed by atoms with E-state index in [1.54, 1.807) is 5.51 Å². The lowest BCUT2D eigenvalue weighted by atomic mass is 10.1. The quantitative estimate of drug-likeness (QED) is 0.765. The van der Waals surface area contributed by atoms with Crippen LogP contribution >= 0.6 is 11.3 Å². The van der Waals surface area contributed by atoms with Crippen molar-refractivity contribution in [2.75, 3.05) is 6.79 Å². The lowest BCUT2D eigenvalue weighted by molar-refractivity contribution is 0.101. The van der Waals surface area contributed by atoms with Crippen LogP contribution < -0.4 is 9.47 Å². The zero-order valence-electron chi connectivity index (χ0n) is 9.10. The Kier molecular flexibility index (Phi) is 2.33. The van der Waals surface area contributed by atoms with Gasteiger partial charge in [0, 0.05) is 6.92 Å². The maximum atomic E-state index is 11.4. The summed E-state index contributed by atoms with van der Waals surface area (Å²) >= 11 is 1.45. The summed E-state index contributed by atoms with van der Waals surface area (Å²) in [7, 11) is 0. The number of nitrogens with zero attached hydrogens (tertiary/aromatic N) is 1. The summed E-state index contributed by atoms with van der Waals surface area (Å²) < 4.78 is 10.6. The Labute approximate surface area is 102 Å². The third-order valence-electron chi connectivity index (χ3n) is 2.54. The number of thiazole rings is 1. The van der Waals surface area contributed by atoms with Crippen LogP contribution in [-0.4, -0.2) is 17.6 Å². The average Bonchev–Trinajstić information content (AvgIpc) is 2.96. The third kappa shape index (κ3) is 1.68. The van der Waals surface area contributed by atoms with Gasteiger partial charge in [-0.3, -0.25) is 4.79 Å². The molecule has 17 heavy (non-hydrogen) atoms. The number of Topliss-reactive ketones (excluding diaryl/α,β-unsaturated/α-hetero) is 1. The molecule has 2 aromatic rings. The normalized spacial score (nSPS) is 12.8. The van der Waals surface area contributed by atoms with Crippen molar-refractivity contribution in [3.8, 4) is 21.9 Å². The van der Waals surface area contributed by atoms with Gasteiger partial charge in [0.05, 0.1) is 10.4 Å². The first-order valence-electron chi connectivity index (χ1n) is 5.10. The molecule has 0 spiro atoms. The van der Waals surface area contributed by atoms with E-state index in [0.29, 0.717) is 11.4 Å². The van der Waals surface area contributed by atoms with Crippen molar-refractivity contribution in [1.29, 1.82) is 0 Å². The van der Waals surface area contributed by atoms with E-state index in [-0.39, 0.29) is 12.6 Å². The van der Waals surface area contributed by atoms with Gasteiger partial charge < -0.3 is 9.47 Å². The molecule has 0 N–H and O–H groups in total. The second kappa shape index (κ2) is 3.85. The van der Waals surface area contributed by atoms with E-state index in [1.165, 1.54) is 18.3 Å². The summed E-state index contributed by atoms with van der Waals surface area (Å²) in [6.07, 6.45) is 0. The fourth-order valence-electron chi connectivity index (χ4n) is 1.74. The Morgan fingerprint density at radius 3 is 3.00 bits per heavy atom. The van der Waals surface area contributed by atoms with Crippen LogP contribution in [0.3, 0.4) is 0 Å². The van der Waals surface area contributed by atoms with Crippen LogP contribution in [0.25, 0.3) is 10.4 Å². The summed E-state index contributed by atoms with van der Waals surface area (Å²) in [4.78, 5) is 16.4. The lowest BCUT2D eigenvalue weighted by Crippen LogP contribution is -1.94. The molecule has 3 rings (SSSR count). The maximum Gasteiger partial charge on any atom is 0.231 e. The first-order valence-corrected chi connectivity index (χ1v) is 5.98. The summed E-state index contributed by atoms with van der Waals surface area (Å²) in [5, 5.41) is 0. The molecule has 1 aromatic carbocycles. The van der Waals surface area contributed by atoms with Gasteiger partial charge in [0.2, 0.25) is 6.79 Å². The molecule has 0 unspecified atom stereocenters. The van der Waals surface area contributed by atoms with E-state index < -0.39 is 0 Å². The molecule has 0 radical (unpaired) electrons. The number of benzene rings is 1. The van der Waals surface area contributed by atoms with E-state index in [9.17, 15) is 4.79 Å². The van der Waals surface area contributed by atoms with Gasteiger partial charge in [-0.15, -0.1) is 11.3 Å². The van der Waals surface area contributed by atoms with E-state index in [4.69, 9.17) is 9.47 Å².